The fourth-order valence-electron chi connectivity index (χ4n) is 3.90. The van der Waals surface area contributed by atoms with Crippen molar-refractivity contribution in [2.75, 3.05) is 0 Å². The molecule has 1 saturated heterocycles. The monoisotopic (exact) mass is 288 g/mol. The van der Waals surface area contributed by atoms with Gasteiger partial charge in [-0.05, 0) is 20.3 Å². The van der Waals surface area contributed by atoms with E-state index in [-0.39, 0.29) is 36.0 Å². The number of ether oxygens (including phenoxy) is 2. The molecule has 0 spiro atoms. The van der Waals surface area contributed by atoms with Crippen LogP contribution in [0.5, 0.6) is 0 Å². The molecule has 0 aromatic heterocycles. The number of esters is 2. The summed E-state index contributed by atoms with van der Waals surface area (Å²) in [5, 5.41) is 0. The maximum atomic E-state index is 12.0. The largest absolute Gasteiger partial charge is 0.461 e. The maximum absolute atomic E-state index is 12.0. The third-order valence-corrected chi connectivity index (χ3v) is 4.87. The van der Waals surface area contributed by atoms with Gasteiger partial charge in [0.25, 0.3) is 0 Å². The first-order chi connectivity index (χ1) is 9.90. The average molecular weight is 288 g/mol. The van der Waals surface area contributed by atoms with Crippen LogP contribution in [0.2, 0.25) is 0 Å². The lowest BCUT2D eigenvalue weighted by molar-refractivity contribution is -0.150. The van der Waals surface area contributed by atoms with Crippen LogP contribution in [0.4, 0.5) is 0 Å². The van der Waals surface area contributed by atoms with Gasteiger partial charge in [-0.1, -0.05) is 29.4 Å². The van der Waals surface area contributed by atoms with Gasteiger partial charge in [-0.15, -0.1) is 0 Å². The zero-order valence-corrected chi connectivity index (χ0v) is 12.6. The predicted octanol–water partition coefficient (Wildman–Crippen LogP) is 2.70. The summed E-state index contributed by atoms with van der Waals surface area (Å²) in [7, 11) is 0. The van der Waals surface area contributed by atoms with Crippen LogP contribution >= 0.6 is 0 Å². The van der Waals surface area contributed by atoms with E-state index in [9.17, 15) is 9.59 Å². The molecule has 0 aromatic rings. The lowest BCUT2D eigenvalue weighted by Gasteiger charge is -2.27. The Kier molecular flexibility index (Phi) is 3.27. The molecule has 0 saturated carbocycles. The first-order valence-electron chi connectivity index (χ1n) is 7.32. The van der Waals surface area contributed by atoms with Crippen molar-refractivity contribution in [2.45, 2.75) is 45.8 Å². The lowest BCUT2D eigenvalue weighted by Crippen LogP contribution is -2.35. The van der Waals surface area contributed by atoms with Crippen LogP contribution in [-0.2, 0) is 19.1 Å². The summed E-state index contributed by atoms with van der Waals surface area (Å²) in [6.07, 6.45) is 3.07. The van der Waals surface area contributed by atoms with Crippen molar-refractivity contribution < 1.29 is 19.1 Å². The Labute approximate surface area is 124 Å². The minimum atomic E-state index is -0.364. The molecule has 3 rings (SSSR count). The van der Waals surface area contributed by atoms with Crippen LogP contribution in [0.15, 0.2) is 34.9 Å². The van der Waals surface area contributed by atoms with Gasteiger partial charge < -0.3 is 9.47 Å². The van der Waals surface area contributed by atoms with Gasteiger partial charge in [0.1, 0.15) is 12.2 Å². The molecule has 0 bridgehead atoms. The summed E-state index contributed by atoms with van der Waals surface area (Å²) in [5.41, 5.74) is 4.20. The average Bonchev–Trinajstić information content (AvgIpc) is 2.86. The number of carbonyl (C=O) groups is 2. The highest BCUT2D eigenvalue weighted by molar-refractivity contribution is 5.91. The molecule has 1 aliphatic heterocycles. The van der Waals surface area contributed by atoms with Gasteiger partial charge in [0, 0.05) is 24.8 Å². The summed E-state index contributed by atoms with van der Waals surface area (Å²) in [6, 6.07) is 0. The summed E-state index contributed by atoms with van der Waals surface area (Å²) >= 11 is 0. The van der Waals surface area contributed by atoms with Crippen LogP contribution in [-0.4, -0.2) is 24.1 Å². The van der Waals surface area contributed by atoms with E-state index >= 15 is 0 Å². The fourth-order valence-corrected chi connectivity index (χ4v) is 3.90. The van der Waals surface area contributed by atoms with Crippen molar-refractivity contribution in [1.29, 1.82) is 0 Å². The molecular weight excluding hydrogens is 268 g/mol. The van der Waals surface area contributed by atoms with E-state index in [4.69, 9.17) is 9.47 Å². The molecule has 2 aliphatic carbocycles. The van der Waals surface area contributed by atoms with Crippen molar-refractivity contribution in [3.8, 4) is 0 Å². The lowest BCUT2D eigenvalue weighted by atomic mass is 9.82. The van der Waals surface area contributed by atoms with Gasteiger partial charge in [-0.25, -0.2) is 4.79 Å². The molecular formula is C17H20O4. The highest BCUT2D eigenvalue weighted by Crippen LogP contribution is 2.48. The summed E-state index contributed by atoms with van der Waals surface area (Å²) < 4.78 is 11.1. The predicted molar refractivity (Wildman–Crippen MR) is 77.2 cm³/mol. The highest BCUT2D eigenvalue weighted by Gasteiger charge is 2.52. The molecule has 0 aromatic carbocycles. The Morgan fingerprint density at radius 1 is 1.43 bits per heavy atom. The molecule has 4 nitrogen and oxygen atoms in total. The molecule has 0 N–H and O–H groups in total. The van der Waals surface area contributed by atoms with E-state index in [2.05, 4.69) is 26.5 Å². The Hall–Kier alpha value is -1.84. The van der Waals surface area contributed by atoms with Gasteiger partial charge in [0.05, 0.1) is 5.92 Å². The van der Waals surface area contributed by atoms with Crippen molar-refractivity contribution in [1.82, 2.24) is 0 Å². The Morgan fingerprint density at radius 3 is 2.81 bits per heavy atom. The summed E-state index contributed by atoms with van der Waals surface area (Å²) in [6.45, 7) is 9.43. The van der Waals surface area contributed by atoms with Crippen LogP contribution < -0.4 is 0 Å². The number of allylic oxidation sites excluding steroid dienone is 1. The normalized spacial score (nSPS) is 34.9. The minimum absolute atomic E-state index is 0.110. The number of rotatable bonds is 1. The summed E-state index contributed by atoms with van der Waals surface area (Å²) in [5.74, 6) is -0.831. The quantitative estimate of drug-likeness (QED) is 0.423. The Balaban J connectivity index is 2.05. The molecule has 4 heteroatoms. The zero-order chi connectivity index (χ0) is 15.3. The highest BCUT2D eigenvalue weighted by atomic mass is 16.6. The van der Waals surface area contributed by atoms with E-state index < -0.39 is 0 Å². The van der Waals surface area contributed by atoms with Crippen LogP contribution in [0.1, 0.15) is 33.6 Å². The molecule has 3 aliphatic rings. The number of hydrogen-bond donors (Lipinski definition) is 0. The second-order valence-corrected chi connectivity index (χ2v) is 6.21. The molecule has 21 heavy (non-hydrogen) atoms. The number of hydrogen-bond acceptors (Lipinski definition) is 4. The minimum Gasteiger partial charge on any atom is -0.461 e. The van der Waals surface area contributed by atoms with E-state index in [1.165, 1.54) is 23.6 Å². The van der Waals surface area contributed by atoms with Crippen molar-refractivity contribution >= 4 is 11.9 Å². The van der Waals surface area contributed by atoms with Crippen LogP contribution in [0.25, 0.3) is 0 Å². The third kappa shape index (κ3) is 2.13. The van der Waals surface area contributed by atoms with Gasteiger partial charge in [0.2, 0.25) is 0 Å². The van der Waals surface area contributed by atoms with Gasteiger partial charge in [0.15, 0.2) is 0 Å². The molecule has 4 atom stereocenters. The second kappa shape index (κ2) is 4.86. The van der Waals surface area contributed by atoms with E-state index in [1.807, 2.05) is 0 Å². The standard InChI is InChI=1S/C17H20O4/c1-8-5-6-12-9(2)7-13(20-11(4)18)15-10(3)17(19)21-16(15)14(8)12/h5,13-16H,3,6-7H2,1-2,4H3/t13-,14+,15-,16+/m0/s1. The van der Waals surface area contributed by atoms with E-state index in [0.29, 0.717) is 12.0 Å². The summed E-state index contributed by atoms with van der Waals surface area (Å²) in [4.78, 5) is 23.4. The molecule has 0 radical (unpaired) electrons. The van der Waals surface area contributed by atoms with Crippen LogP contribution in [0, 0.1) is 11.8 Å². The van der Waals surface area contributed by atoms with E-state index in [0.717, 1.165) is 6.42 Å². The molecule has 0 amide bonds. The SMILES string of the molecule is C=C1C(=O)O[C@@H]2[C@@H]3C(C)=CCC3=C(C)C[C@H](OC(C)=O)[C@H]12. The van der Waals surface area contributed by atoms with Crippen molar-refractivity contribution in [3.63, 3.8) is 0 Å². The fraction of sp³-hybridized carbons (Fsp3) is 0.529. The Bertz CT molecular complexity index is 596. The van der Waals surface area contributed by atoms with E-state index in [1.54, 1.807) is 0 Å². The molecule has 0 unspecified atom stereocenters. The molecule has 112 valence electrons. The van der Waals surface area contributed by atoms with Gasteiger partial charge >= 0.3 is 11.9 Å². The Morgan fingerprint density at radius 2 is 2.14 bits per heavy atom. The number of fused-ring (bicyclic) bond motifs is 3. The first-order valence-corrected chi connectivity index (χ1v) is 7.32. The number of carbonyl (C=O) groups excluding carboxylic acids is 2. The van der Waals surface area contributed by atoms with Crippen molar-refractivity contribution in [2.24, 2.45) is 11.8 Å². The third-order valence-electron chi connectivity index (χ3n) is 4.87. The van der Waals surface area contributed by atoms with Gasteiger partial charge in [-0.3, -0.25) is 4.79 Å². The zero-order valence-electron chi connectivity index (χ0n) is 12.6. The van der Waals surface area contributed by atoms with Crippen molar-refractivity contribution in [3.05, 3.63) is 34.9 Å². The second-order valence-electron chi connectivity index (χ2n) is 6.21. The topological polar surface area (TPSA) is 52.6 Å². The first kappa shape index (κ1) is 14.1. The molecule has 1 fully saturated rings. The smallest absolute Gasteiger partial charge is 0.334 e. The maximum Gasteiger partial charge on any atom is 0.334 e. The molecule has 1 heterocycles. The van der Waals surface area contributed by atoms with Crippen LogP contribution in [0.3, 0.4) is 0 Å². The van der Waals surface area contributed by atoms with Gasteiger partial charge in [-0.2, -0.15) is 0 Å².